The van der Waals surface area contributed by atoms with Gasteiger partial charge in [-0.1, -0.05) is 53.7 Å². The van der Waals surface area contributed by atoms with Gasteiger partial charge in [-0.25, -0.2) is 0 Å². The van der Waals surface area contributed by atoms with Crippen molar-refractivity contribution >= 4 is 29.3 Å². The summed E-state index contributed by atoms with van der Waals surface area (Å²) in [5.41, 5.74) is 0.921. The standard InChI is InChI=1S/C22H23ClN4O2S/c1-2-26(16-12-13-16)21(28)15-30-22-25-24-20(27(22)17-8-4-3-5-9-17)14-29-19-11-7-6-10-18(19)23/h3-11,16H,2,12-15H2,1H3. The van der Waals surface area contributed by atoms with Gasteiger partial charge < -0.3 is 9.64 Å². The summed E-state index contributed by atoms with van der Waals surface area (Å²) in [6.45, 7) is 2.98. The third kappa shape index (κ3) is 4.79. The molecule has 30 heavy (non-hydrogen) atoms. The summed E-state index contributed by atoms with van der Waals surface area (Å²) in [4.78, 5) is 14.6. The number of amides is 1. The van der Waals surface area contributed by atoms with E-state index >= 15 is 0 Å². The molecule has 1 aliphatic rings. The van der Waals surface area contributed by atoms with E-state index < -0.39 is 0 Å². The second-order valence-electron chi connectivity index (χ2n) is 6.99. The Morgan fingerprint density at radius 3 is 2.60 bits per heavy atom. The number of hydrogen-bond donors (Lipinski definition) is 0. The lowest BCUT2D eigenvalue weighted by Gasteiger charge is -2.20. The minimum absolute atomic E-state index is 0.140. The average Bonchev–Trinajstić information content (AvgIpc) is 3.52. The highest BCUT2D eigenvalue weighted by molar-refractivity contribution is 7.99. The fourth-order valence-corrected chi connectivity index (χ4v) is 4.31. The molecule has 156 valence electrons. The second-order valence-corrected chi connectivity index (χ2v) is 8.34. The highest BCUT2D eigenvalue weighted by atomic mass is 35.5. The minimum Gasteiger partial charge on any atom is -0.484 e. The fraction of sp³-hybridized carbons (Fsp3) is 0.318. The van der Waals surface area contributed by atoms with Crippen LogP contribution >= 0.6 is 23.4 Å². The number of ether oxygens (including phenoxy) is 1. The zero-order valence-corrected chi connectivity index (χ0v) is 18.3. The maximum absolute atomic E-state index is 12.6. The second kappa shape index (κ2) is 9.53. The highest BCUT2D eigenvalue weighted by Gasteiger charge is 2.31. The molecule has 4 rings (SSSR count). The zero-order valence-electron chi connectivity index (χ0n) is 16.7. The van der Waals surface area contributed by atoms with E-state index in [1.165, 1.54) is 11.8 Å². The molecule has 1 heterocycles. The molecule has 3 aromatic rings. The van der Waals surface area contributed by atoms with Crippen molar-refractivity contribution in [3.63, 3.8) is 0 Å². The summed E-state index contributed by atoms with van der Waals surface area (Å²) in [6.07, 6.45) is 2.21. The number of halogens is 1. The average molecular weight is 443 g/mol. The minimum atomic E-state index is 0.140. The lowest BCUT2D eigenvalue weighted by Crippen LogP contribution is -2.34. The number of para-hydroxylation sites is 2. The van der Waals surface area contributed by atoms with Crippen LogP contribution in [0.15, 0.2) is 59.8 Å². The molecular formula is C22H23ClN4O2S. The predicted molar refractivity (Wildman–Crippen MR) is 118 cm³/mol. The van der Waals surface area contributed by atoms with E-state index in [9.17, 15) is 4.79 Å². The van der Waals surface area contributed by atoms with Crippen LogP contribution in [0.4, 0.5) is 0 Å². The van der Waals surface area contributed by atoms with Crippen LogP contribution in [-0.4, -0.2) is 43.9 Å². The molecule has 0 atom stereocenters. The Kier molecular flexibility index (Phi) is 6.59. The molecule has 0 N–H and O–H groups in total. The van der Waals surface area contributed by atoms with Crippen molar-refractivity contribution in [2.24, 2.45) is 0 Å². The molecule has 2 aromatic carbocycles. The lowest BCUT2D eigenvalue weighted by molar-refractivity contribution is -0.128. The van der Waals surface area contributed by atoms with Crippen LogP contribution in [0.2, 0.25) is 5.02 Å². The maximum Gasteiger partial charge on any atom is 0.233 e. The van der Waals surface area contributed by atoms with Crippen molar-refractivity contribution in [2.75, 3.05) is 12.3 Å². The maximum atomic E-state index is 12.6. The molecule has 8 heteroatoms. The molecule has 1 aromatic heterocycles. The molecule has 1 aliphatic carbocycles. The number of carbonyl (C=O) groups is 1. The van der Waals surface area contributed by atoms with Crippen molar-refractivity contribution in [3.8, 4) is 11.4 Å². The van der Waals surface area contributed by atoms with E-state index in [2.05, 4.69) is 10.2 Å². The predicted octanol–water partition coefficient (Wildman–Crippen LogP) is 4.60. The Morgan fingerprint density at radius 1 is 1.17 bits per heavy atom. The van der Waals surface area contributed by atoms with E-state index in [4.69, 9.17) is 16.3 Å². The summed E-state index contributed by atoms with van der Waals surface area (Å²) in [6, 6.07) is 17.6. The summed E-state index contributed by atoms with van der Waals surface area (Å²) >= 11 is 7.60. The molecule has 0 radical (unpaired) electrons. The molecule has 6 nitrogen and oxygen atoms in total. The number of benzene rings is 2. The normalized spacial score (nSPS) is 13.3. The first-order chi connectivity index (χ1) is 14.7. The molecular weight excluding hydrogens is 420 g/mol. The van der Waals surface area contributed by atoms with Crippen molar-refractivity contribution in [3.05, 3.63) is 65.4 Å². The number of carbonyl (C=O) groups excluding carboxylic acids is 1. The van der Waals surface area contributed by atoms with Gasteiger partial charge in [0.2, 0.25) is 5.91 Å². The topological polar surface area (TPSA) is 60.3 Å². The zero-order chi connectivity index (χ0) is 20.9. The van der Waals surface area contributed by atoms with Gasteiger partial charge in [0, 0.05) is 18.3 Å². The molecule has 0 spiro atoms. The monoisotopic (exact) mass is 442 g/mol. The van der Waals surface area contributed by atoms with Gasteiger partial charge in [-0.15, -0.1) is 10.2 Å². The van der Waals surface area contributed by atoms with E-state index in [0.29, 0.717) is 33.5 Å². The number of aromatic nitrogens is 3. The Labute approximate surface area is 185 Å². The van der Waals surface area contributed by atoms with Gasteiger partial charge in [0.1, 0.15) is 12.4 Å². The molecule has 0 bridgehead atoms. The third-order valence-electron chi connectivity index (χ3n) is 4.88. The third-order valence-corrected chi connectivity index (χ3v) is 6.11. The van der Waals surface area contributed by atoms with E-state index in [0.717, 1.165) is 25.1 Å². The molecule has 0 saturated heterocycles. The number of nitrogens with zero attached hydrogens (tertiary/aromatic N) is 4. The first-order valence-electron chi connectivity index (χ1n) is 9.96. The van der Waals surface area contributed by atoms with E-state index in [-0.39, 0.29) is 12.5 Å². The number of rotatable bonds is 9. The Hall–Kier alpha value is -2.51. The Balaban J connectivity index is 1.53. The van der Waals surface area contributed by atoms with Gasteiger partial charge in [-0.2, -0.15) is 0 Å². The van der Waals surface area contributed by atoms with E-state index in [1.807, 2.05) is 64.9 Å². The van der Waals surface area contributed by atoms with E-state index in [1.54, 1.807) is 6.07 Å². The van der Waals surface area contributed by atoms with Crippen molar-refractivity contribution in [2.45, 2.75) is 37.6 Å². The largest absolute Gasteiger partial charge is 0.484 e. The molecule has 1 amide bonds. The van der Waals surface area contributed by atoms with Gasteiger partial charge in [0.05, 0.1) is 10.8 Å². The first kappa shape index (κ1) is 20.8. The molecule has 0 aliphatic heterocycles. The van der Waals surface area contributed by atoms with Crippen LogP contribution in [0.1, 0.15) is 25.6 Å². The summed E-state index contributed by atoms with van der Waals surface area (Å²) < 4.78 is 7.81. The molecule has 1 fully saturated rings. The van der Waals surface area contributed by atoms with Crippen LogP contribution < -0.4 is 4.74 Å². The SMILES string of the molecule is CCN(C(=O)CSc1nnc(COc2ccccc2Cl)n1-c1ccccc1)C1CC1. The lowest BCUT2D eigenvalue weighted by atomic mass is 10.3. The smallest absolute Gasteiger partial charge is 0.233 e. The van der Waals surface area contributed by atoms with Crippen LogP contribution in [0.5, 0.6) is 5.75 Å². The highest BCUT2D eigenvalue weighted by Crippen LogP contribution is 2.29. The summed E-state index contributed by atoms with van der Waals surface area (Å²) in [7, 11) is 0. The summed E-state index contributed by atoms with van der Waals surface area (Å²) in [5, 5.41) is 9.87. The van der Waals surface area contributed by atoms with Crippen LogP contribution in [0, 0.1) is 0 Å². The summed E-state index contributed by atoms with van der Waals surface area (Å²) in [5.74, 6) is 1.71. The number of hydrogen-bond acceptors (Lipinski definition) is 5. The van der Waals surface area contributed by atoms with Gasteiger partial charge in [-0.3, -0.25) is 9.36 Å². The van der Waals surface area contributed by atoms with Gasteiger partial charge in [0.25, 0.3) is 0 Å². The van der Waals surface area contributed by atoms with Gasteiger partial charge in [-0.05, 0) is 44.0 Å². The number of thioether (sulfide) groups is 1. The fourth-order valence-electron chi connectivity index (χ4n) is 3.26. The van der Waals surface area contributed by atoms with Crippen molar-refractivity contribution in [1.29, 1.82) is 0 Å². The Bertz CT molecular complexity index is 1010. The van der Waals surface area contributed by atoms with Gasteiger partial charge in [0.15, 0.2) is 11.0 Å². The Morgan fingerprint density at radius 2 is 1.90 bits per heavy atom. The van der Waals surface area contributed by atoms with Crippen LogP contribution in [-0.2, 0) is 11.4 Å². The van der Waals surface area contributed by atoms with Crippen molar-refractivity contribution in [1.82, 2.24) is 19.7 Å². The quantitative estimate of drug-likeness (QED) is 0.453. The molecule has 0 unspecified atom stereocenters. The first-order valence-corrected chi connectivity index (χ1v) is 11.3. The van der Waals surface area contributed by atoms with Gasteiger partial charge >= 0.3 is 0 Å². The van der Waals surface area contributed by atoms with Crippen molar-refractivity contribution < 1.29 is 9.53 Å². The van der Waals surface area contributed by atoms with Crippen LogP contribution in [0.25, 0.3) is 5.69 Å². The van der Waals surface area contributed by atoms with Crippen LogP contribution in [0.3, 0.4) is 0 Å². The molecule has 1 saturated carbocycles.